The van der Waals surface area contributed by atoms with Gasteiger partial charge in [0.1, 0.15) is 0 Å². The van der Waals surface area contributed by atoms with Crippen molar-refractivity contribution in [2.45, 2.75) is 18.9 Å². The van der Waals surface area contributed by atoms with Crippen molar-refractivity contribution in [2.75, 3.05) is 18.4 Å². The topological polar surface area (TPSA) is 76.8 Å². The zero-order valence-electron chi connectivity index (χ0n) is 14.5. The number of hydrogen-bond donors (Lipinski definition) is 2. The van der Waals surface area contributed by atoms with Gasteiger partial charge in [-0.1, -0.05) is 11.6 Å². The highest BCUT2D eigenvalue weighted by molar-refractivity contribution is 6.32. The molecule has 0 aliphatic carbocycles. The van der Waals surface area contributed by atoms with Crippen molar-refractivity contribution >= 4 is 35.6 Å². The van der Waals surface area contributed by atoms with Gasteiger partial charge >= 0.3 is 0 Å². The van der Waals surface area contributed by atoms with Gasteiger partial charge in [-0.25, -0.2) is 4.68 Å². The number of carbonyl (C=O) groups excluding carboxylic acids is 1. The summed E-state index contributed by atoms with van der Waals surface area (Å²) in [5.74, 6) is -0.254. The number of nitrogens with zero attached hydrogens (tertiary/aromatic N) is 4. The lowest BCUT2D eigenvalue weighted by Crippen LogP contribution is -2.32. The van der Waals surface area contributed by atoms with Crippen LogP contribution in [0.1, 0.15) is 29.4 Å². The number of nitrogens with one attached hydrogen (secondary N) is 2. The molecule has 0 spiro atoms. The standard InChI is InChI=1S/C18H19ClN6O.ClH/c19-15-11-13(4-5-17(15)25-9-2-8-21-25)22-18(26)16-6-10-24(23-16)14-3-1-7-20-12-14;/h2,4-6,8-11,14,20H,1,3,7,12H2,(H,22,26);1H. The molecule has 9 heteroatoms. The van der Waals surface area contributed by atoms with Crippen molar-refractivity contribution in [3.8, 4) is 5.69 Å². The van der Waals surface area contributed by atoms with E-state index in [0.717, 1.165) is 31.6 Å². The van der Waals surface area contributed by atoms with Crippen LogP contribution in [-0.2, 0) is 0 Å². The van der Waals surface area contributed by atoms with Crippen molar-refractivity contribution in [3.63, 3.8) is 0 Å². The first-order chi connectivity index (χ1) is 12.7. The number of hydrogen-bond acceptors (Lipinski definition) is 4. The van der Waals surface area contributed by atoms with Gasteiger partial charge in [0.15, 0.2) is 5.69 Å². The van der Waals surface area contributed by atoms with Gasteiger partial charge in [-0.3, -0.25) is 9.48 Å². The Morgan fingerprint density at radius 3 is 2.89 bits per heavy atom. The second-order valence-corrected chi connectivity index (χ2v) is 6.66. The first kappa shape index (κ1) is 19.4. The summed E-state index contributed by atoms with van der Waals surface area (Å²) in [7, 11) is 0. The summed E-state index contributed by atoms with van der Waals surface area (Å²) in [6, 6.07) is 9.18. The summed E-state index contributed by atoms with van der Waals surface area (Å²) < 4.78 is 3.54. The summed E-state index contributed by atoms with van der Waals surface area (Å²) in [6.07, 6.45) is 7.55. The Labute approximate surface area is 168 Å². The molecule has 4 rings (SSSR count). The Bertz CT molecular complexity index is 902. The minimum absolute atomic E-state index is 0. The van der Waals surface area contributed by atoms with Crippen molar-refractivity contribution < 1.29 is 4.79 Å². The van der Waals surface area contributed by atoms with Crippen molar-refractivity contribution in [1.82, 2.24) is 24.9 Å². The zero-order chi connectivity index (χ0) is 17.9. The molecular formula is C18H20Cl2N6O. The second kappa shape index (κ2) is 8.56. The average Bonchev–Trinajstić information content (AvgIpc) is 3.35. The van der Waals surface area contributed by atoms with Gasteiger partial charge in [0.2, 0.25) is 0 Å². The molecule has 3 heterocycles. The Hall–Kier alpha value is -2.35. The molecule has 0 bridgehead atoms. The van der Waals surface area contributed by atoms with Gasteiger partial charge in [0.05, 0.1) is 16.8 Å². The molecule has 1 atom stereocenters. The quantitative estimate of drug-likeness (QED) is 0.696. The van der Waals surface area contributed by atoms with Crippen LogP contribution in [0.3, 0.4) is 0 Å². The summed E-state index contributed by atoms with van der Waals surface area (Å²) in [4.78, 5) is 12.5. The largest absolute Gasteiger partial charge is 0.321 e. The summed E-state index contributed by atoms with van der Waals surface area (Å²) >= 11 is 6.32. The van der Waals surface area contributed by atoms with Crippen LogP contribution >= 0.6 is 24.0 Å². The lowest BCUT2D eigenvalue weighted by Gasteiger charge is -2.22. The Balaban J connectivity index is 0.00000210. The lowest BCUT2D eigenvalue weighted by molar-refractivity contribution is 0.102. The van der Waals surface area contributed by atoms with Crippen LogP contribution in [0.25, 0.3) is 5.69 Å². The molecular weight excluding hydrogens is 387 g/mol. The Kier molecular flexibility index (Phi) is 6.15. The molecule has 1 amide bonds. The molecule has 0 radical (unpaired) electrons. The SMILES string of the molecule is Cl.O=C(Nc1ccc(-n2cccn2)c(Cl)c1)c1ccn(C2CCCNC2)n1. The van der Waals surface area contributed by atoms with E-state index in [-0.39, 0.29) is 18.3 Å². The third-order valence-electron chi connectivity index (χ3n) is 4.44. The molecule has 142 valence electrons. The molecule has 1 aliphatic heterocycles. The van der Waals surface area contributed by atoms with Gasteiger partial charge in [-0.2, -0.15) is 10.2 Å². The van der Waals surface area contributed by atoms with Crippen LogP contribution in [-0.4, -0.2) is 38.6 Å². The average molecular weight is 407 g/mol. The molecule has 1 aromatic carbocycles. The van der Waals surface area contributed by atoms with Crippen molar-refractivity contribution in [3.05, 3.63) is 59.6 Å². The Morgan fingerprint density at radius 2 is 2.19 bits per heavy atom. The molecule has 0 saturated carbocycles. The fourth-order valence-corrected chi connectivity index (χ4v) is 3.37. The smallest absolute Gasteiger partial charge is 0.276 e. The van der Waals surface area contributed by atoms with E-state index in [1.54, 1.807) is 29.1 Å². The third-order valence-corrected chi connectivity index (χ3v) is 4.75. The predicted molar refractivity (Wildman–Crippen MR) is 107 cm³/mol. The van der Waals surface area contributed by atoms with E-state index >= 15 is 0 Å². The van der Waals surface area contributed by atoms with Crippen LogP contribution in [0, 0.1) is 0 Å². The molecule has 3 aromatic rings. The molecule has 27 heavy (non-hydrogen) atoms. The van der Waals surface area contributed by atoms with E-state index in [0.29, 0.717) is 22.4 Å². The summed E-state index contributed by atoms with van der Waals surface area (Å²) in [5, 5.41) is 15.3. The Morgan fingerprint density at radius 1 is 1.30 bits per heavy atom. The number of aromatic nitrogens is 4. The minimum atomic E-state index is -0.254. The highest BCUT2D eigenvalue weighted by Gasteiger charge is 2.18. The normalized spacial score (nSPS) is 16.6. The maximum absolute atomic E-state index is 12.5. The molecule has 2 aromatic heterocycles. The number of benzene rings is 1. The number of anilines is 1. The van der Waals surface area contributed by atoms with E-state index in [1.165, 1.54) is 0 Å². The van der Waals surface area contributed by atoms with Crippen molar-refractivity contribution in [1.29, 1.82) is 0 Å². The number of piperidine rings is 1. The van der Waals surface area contributed by atoms with Crippen molar-refractivity contribution in [2.24, 2.45) is 0 Å². The van der Waals surface area contributed by atoms with Gasteiger partial charge in [-0.05, 0) is 49.7 Å². The van der Waals surface area contributed by atoms with Crippen LogP contribution in [0.4, 0.5) is 5.69 Å². The number of halogens is 2. The minimum Gasteiger partial charge on any atom is -0.321 e. The molecule has 1 aliphatic rings. The number of carbonyl (C=O) groups is 1. The van der Waals surface area contributed by atoms with E-state index in [4.69, 9.17) is 11.6 Å². The highest BCUT2D eigenvalue weighted by Crippen LogP contribution is 2.24. The fraction of sp³-hybridized carbons (Fsp3) is 0.278. The van der Waals surface area contributed by atoms with Gasteiger partial charge in [-0.15, -0.1) is 12.4 Å². The fourth-order valence-electron chi connectivity index (χ4n) is 3.10. The monoisotopic (exact) mass is 406 g/mol. The van der Waals surface area contributed by atoms with Crippen LogP contribution in [0.2, 0.25) is 5.02 Å². The van der Waals surface area contributed by atoms with Crippen LogP contribution in [0.5, 0.6) is 0 Å². The lowest BCUT2D eigenvalue weighted by atomic mass is 10.1. The van der Waals surface area contributed by atoms with E-state index in [2.05, 4.69) is 20.8 Å². The zero-order valence-corrected chi connectivity index (χ0v) is 16.1. The van der Waals surface area contributed by atoms with Crippen LogP contribution in [0.15, 0.2) is 48.9 Å². The molecule has 1 fully saturated rings. The number of rotatable bonds is 4. The maximum atomic E-state index is 12.5. The van der Waals surface area contributed by atoms with E-state index < -0.39 is 0 Å². The molecule has 2 N–H and O–H groups in total. The second-order valence-electron chi connectivity index (χ2n) is 6.25. The van der Waals surface area contributed by atoms with E-state index in [1.807, 2.05) is 29.2 Å². The number of amides is 1. The predicted octanol–water partition coefficient (Wildman–Crippen LogP) is 3.32. The first-order valence-electron chi connectivity index (χ1n) is 8.57. The molecule has 1 unspecified atom stereocenters. The van der Waals surface area contributed by atoms with Crippen LogP contribution < -0.4 is 10.6 Å². The van der Waals surface area contributed by atoms with Gasteiger partial charge < -0.3 is 10.6 Å². The molecule has 1 saturated heterocycles. The third kappa shape index (κ3) is 4.32. The first-order valence-corrected chi connectivity index (χ1v) is 8.95. The molecule has 7 nitrogen and oxygen atoms in total. The highest BCUT2D eigenvalue weighted by atomic mass is 35.5. The summed E-state index contributed by atoms with van der Waals surface area (Å²) in [5.41, 5.74) is 1.76. The van der Waals surface area contributed by atoms with E-state index in [9.17, 15) is 4.79 Å². The van der Waals surface area contributed by atoms with Gasteiger partial charge in [0, 0.05) is 30.8 Å². The van der Waals surface area contributed by atoms with Gasteiger partial charge in [0.25, 0.3) is 5.91 Å². The maximum Gasteiger partial charge on any atom is 0.276 e. The summed E-state index contributed by atoms with van der Waals surface area (Å²) in [6.45, 7) is 1.92.